The summed E-state index contributed by atoms with van der Waals surface area (Å²) >= 11 is 0. The first-order valence-electron chi connectivity index (χ1n) is 5.02. The van der Waals surface area contributed by atoms with Crippen LogP contribution in [0.15, 0.2) is 18.2 Å². The van der Waals surface area contributed by atoms with Gasteiger partial charge in [-0.25, -0.2) is 4.39 Å². The average Bonchev–Trinajstić information content (AvgIpc) is 2.01. The summed E-state index contributed by atoms with van der Waals surface area (Å²) in [7, 11) is 0. The van der Waals surface area contributed by atoms with Gasteiger partial charge in [0.2, 0.25) is 0 Å². The van der Waals surface area contributed by atoms with Gasteiger partial charge in [0.15, 0.2) is 0 Å². The highest BCUT2D eigenvalue weighted by molar-refractivity contribution is 5.25. The number of halogens is 1. The molecule has 1 rings (SSSR count). The van der Waals surface area contributed by atoms with Crippen molar-refractivity contribution in [2.24, 2.45) is 11.7 Å². The maximum Gasteiger partial charge on any atom is 0.128 e. The first-order chi connectivity index (χ1) is 6.50. The van der Waals surface area contributed by atoms with E-state index in [4.69, 9.17) is 5.73 Å². The van der Waals surface area contributed by atoms with Gasteiger partial charge < -0.3 is 5.73 Å². The van der Waals surface area contributed by atoms with Gasteiger partial charge in [-0.05, 0) is 30.9 Å². The fraction of sp³-hybridized carbons (Fsp3) is 0.500. The standard InChI is InChI=1S/C12H18FN/c1-8(2)6-12(14)10-5-4-9(3)7-11(10)13/h4-5,7-8,12H,6,14H2,1-3H3. The Labute approximate surface area is 85.1 Å². The summed E-state index contributed by atoms with van der Waals surface area (Å²) < 4.78 is 13.5. The topological polar surface area (TPSA) is 26.0 Å². The number of nitrogens with two attached hydrogens (primary N) is 1. The molecule has 0 aliphatic carbocycles. The van der Waals surface area contributed by atoms with Crippen molar-refractivity contribution >= 4 is 0 Å². The predicted octanol–water partition coefficient (Wildman–Crippen LogP) is 3.18. The summed E-state index contributed by atoms with van der Waals surface area (Å²) in [5.41, 5.74) is 7.47. The molecule has 0 aliphatic rings. The van der Waals surface area contributed by atoms with Gasteiger partial charge in [-0.3, -0.25) is 0 Å². The molecule has 2 heteroatoms. The summed E-state index contributed by atoms with van der Waals surface area (Å²) in [6, 6.07) is 5.04. The monoisotopic (exact) mass is 195 g/mol. The SMILES string of the molecule is Cc1ccc(C(N)CC(C)C)c(F)c1. The van der Waals surface area contributed by atoms with Gasteiger partial charge in [-0.2, -0.15) is 0 Å². The van der Waals surface area contributed by atoms with Crippen molar-refractivity contribution in [3.63, 3.8) is 0 Å². The summed E-state index contributed by atoms with van der Waals surface area (Å²) in [6.45, 7) is 6.05. The third kappa shape index (κ3) is 2.81. The molecular formula is C12H18FN. The second kappa shape index (κ2) is 4.56. The van der Waals surface area contributed by atoms with E-state index in [0.29, 0.717) is 11.5 Å². The van der Waals surface area contributed by atoms with Crippen molar-refractivity contribution in [3.8, 4) is 0 Å². The minimum Gasteiger partial charge on any atom is -0.324 e. The zero-order valence-corrected chi connectivity index (χ0v) is 9.05. The van der Waals surface area contributed by atoms with Gasteiger partial charge in [-0.15, -0.1) is 0 Å². The average molecular weight is 195 g/mol. The third-order valence-corrected chi connectivity index (χ3v) is 2.28. The highest BCUT2D eigenvalue weighted by Crippen LogP contribution is 2.21. The van der Waals surface area contributed by atoms with E-state index in [1.807, 2.05) is 13.0 Å². The Hall–Kier alpha value is -0.890. The molecule has 0 saturated heterocycles. The van der Waals surface area contributed by atoms with Gasteiger partial charge in [-0.1, -0.05) is 26.0 Å². The van der Waals surface area contributed by atoms with Crippen LogP contribution in [0.4, 0.5) is 4.39 Å². The van der Waals surface area contributed by atoms with Gasteiger partial charge in [0.05, 0.1) is 0 Å². The zero-order valence-electron chi connectivity index (χ0n) is 9.05. The largest absolute Gasteiger partial charge is 0.324 e. The fourth-order valence-corrected chi connectivity index (χ4v) is 1.57. The zero-order chi connectivity index (χ0) is 10.7. The van der Waals surface area contributed by atoms with Crippen LogP contribution in [0.25, 0.3) is 0 Å². The van der Waals surface area contributed by atoms with Crippen LogP contribution in [0.3, 0.4) is 0 Å². The van der Waals surface area contributed by atoms with E-state index in [0.717, 1.165) is 12.0 Å². The highest BCUT2D eigenvalue weighted by atomic mass is 19.1. The van der Waals surface area contributed by atoms with Crippen LogP contribution in [0.5, 0.6) is 0 Å². The van der Waals surface area contributed by atoms with Gasteiger partial charge in [0, 0.05) is 11.6 Å². The number of benzene rings is 1. The molecule has 0 amide bonds. The summed E-state index contributed by atoms with van der Waals surface area (Å²) in [4.78, 5) is 0. The molecule has 0 bridgehead atoms. The van der Waals surface area contributed by atoms with Crippen molar-refractivity contribution in [1.29, 1.82) is 0 Å². The van der Waals surface area contributed by atoms with E-state index < -0.39 is 0 Å². The first-order valence-corrected chi connectivity index (χ1v) is 5.02. The summed E-state index contributed by atoms with van der Waals surface area (Å²) in [5, 5.41) is 0. The predicted molar refractivity (Wildman–Crippen MR) is 57.5 cm³/mol. The van der Waals surface area contributed by atoms with E-state index in [-0.39, 0.29) is 11.9 Å². The fourth-order valence-electron chi connectivity index (χ4n) is 1.57. The van der Waals surface area contributed by atoms with Crippen molar-refractivity contribution < 1.29 is 4.39 Å². The minimum atomic E-state index is -0.185. The van der Waals surface area contributed by atoms with Crippen molar-refractivity contribution in [2.75, 3.05) is 0 Å². The van der Waals surface area contributed by atoms with E-state index in [1.165, 1.54) is 6.07 Å². The molecular weight excluding hydrogens is 177 g/mol. The first kappa shape index (κ1) is 11.2. The Bertz CT molecular complexity index is 307. The normalized spacial score (nSPS) is 13.3. The molecule has 0 saturated carbocycles. The number of hydrogen-bond donors (Lipinski definition) is 1. The van der Waals surface area contributed by atoms with Crippen LogP contribution in [0, 0.1) is 18.7 Å². The molecule has 14 heavy (non-hydrogen) atoms. The maximum atomic E-state index is 13.5. The summed E-state index contributed by atoms with van der Waals surface area (Å²) in [6.07, 6.45) is 0.819. The molecule has 0 spiro atoms. The third-order valence-electron chi connectivity index (χ3n) is 2.28. The van der Waals surface area contributed by atoms with Crippen molar-refractivity contribution in [3.05, 3.63) is 35.1 Å². The molecule has 0 heterocycles. The Morgan fingerprint density at radius 2 is 2.00 bits per heavy atom. The van der Waals surface area contributed by atoms with Crippen LogP contribution in [-0.2, 0) is 0 Å². The van der Waals surface area contributed by atoms with Gasteiger partial charge in [0.25, 0.3) is 0 Å². The lowest BCUT2D eigenvalue weighted by Crippen LogP contribution is -2.14. The Morgan fingerprint density at radius 3 is 2.50 bits per heavy atom. The lowest BCUT2D eigenvalue weighted by Gasteiger charge is -2.15. The van der Waals surface area contributed by atoms with Crippen LogP contribution >= 0.6 is 0 Å². The molecule has 1 atom stereocenters. The van der Waals surface area contributed by atoms with Crippen LogP contribution in [-0.4, -0.2) is 0 Å². The Kier molecular flexibility index (Phi) is 3.64. The molecule has 0 fully saturated rings. The number of aryl methyl sites for hydroxylation is 1. The smallest absolute Gasteiger partial charge is 0.128 e. The van der Waals surface area contributed by atoms with E-state index in [1.54, 1.807) is 6.07 Å². The quantitative estimate of drug-likeness (QED) is 0.787. The van der Waals surface area contributed by atoms with Crippen LogP contribution < -0.4 is 5.73 Å². The molecule has 0 radical (unpaired) electrons. The van der Waals surface area contributed by atoms with Crippen molar-refractivity contribution in [2.45, 2.75) is 33.2 Å². The second-order valence-electron chi connectivity index (χ2n) is 4.26. The molecule has 2 N–H and O–H groups in total. The molecule has 1 nitrogen and oxygen atoms in total. The molecule has 1 unspecified atom stereocenters. The molecule has 0 aliphatic heterocycles. The van der Waals surface area contributed by atoms with Crippen LogP contribution in [0.2, 0.25) is 0 Å². The molecule has 1 aromatic carbocycles. The van der Waals surface area contributed by atoms with Crippen LogP contribution in [0.1, 0.15) is 37.4 Å². The van der Waals surface area contributed by atoms with Crippen molar-refractivity contribution in [1.82, 2.24) is 0 Å². The number of hydrogen-bond acceptors (Lipinski definition) is 1. The second-order valence-corrected chi connectivity index (χ2v) is 4.26. The van der Waals surface area contributed by atoms with Gasteiger partial charge >= 0.3 is 0 Å². The maximum absolute atomic E-state index is 13.5. The van der Waals surface area contributed by atoms with E-state index >= 15 is 0 Å². The number of rotatable bonds is 3. The van der Waals surface area contributed by atoms with E-state index in [9.17, 15) is 4.39 Å². The lowest BCUT2D eigenvalue weighted by atomic mass is 9.97. The lowest BCUT2D eigenvalue weighted by molar-refractivity contribution is 0.488. The summed E-state index contributed by atoms with van der Waals surface area (Å²) in [5.74, 6) is 0.309. The Balaban J connectivity index is 2.84. The Morgan fingerprint density at radius 1 is 1.36 bits per heavy atom. The highest BCUT2D eigenvalue weighted by Gasteiger charge is 2.12. The molecule has 78 valence electrons. The van der Waals surface area contributed by atoms with Gasteiger partial charge in [0.1, 0.15) is 5.82 Å². The molecule has 1 aromatic rings. The minimum absolute atomic E-state index is 0.182. The van der Waals surface area contributed by atoms with E-state index in [2.05, 4.69) is 13.8 Å². The molecule has 0 aromatic heterocycles.